The number of amides is 2. The van der Waals surface area contributed by atoms with E-state index in [2.05, 4.69) is 10.6 Å². The number of rotatable bonds is 5. The van der Waals surface area contributed by atoms with Crippen molar-refractivity contribution in [3.8, 4) is 0 Å². The van der Waals surface area contributed by atoms with Crippen molar-refractivity contribution in [1.82, 2.24) is 5.32 Å². The Morgan fingerprint density at radius 1 is 1.38 bits per heavy atom. The third kappa shape index (κ3) is 3.52. The van der Waals surface area contributed by atoms with Gasteiger partial charge in [-0.2, -0.15) is 0 Å². The summed E-state index contributed by atoms with van der Waals surface area (Å²) in [6, 6.07) is 5.19. The van der Waals surface area contributed by atoms with Gasteiger partial charge in [0.05, 0.1) is 16.1 Å². The van der Waals surface area contributed by atoms with Gasteiger partial charge in [0.15, 0.2) is 5.76 Å². The first-order valence-electron chi connectivity index (χ1n) is 8.04. The SMILES string of the molecule is Cc1cc(NC(=O)c2ccco2)sc1C(=O)NC1CCCC1CN. The molecule has 1 fully saturated rings. The number of thiophene rings is 1. The van der Waals surface area contributed by atoms with Crippen LogP contribution in [0.4, 0.5) is 5.00 Å². The summed E-state index contributed by atoms with van der Waals surface area (Å²) in [5.41, 5.74) is 6.61. The molecule has 0 aliphatic heterocycles. The molecule has 0 spiro atoms. The summed E-state index contributed by atoms with van der Waals surface area (Å²) in [5.74, 6) is 0.171. The Morgan fingerprint density at radius 2 is 2.21 bits per heavy atom. The van der Waals surface area contributed by atoms with E-state index in [9.17, 15) is 9.59 Å². The molecular weight excluding hydrogens is 326 g/mol. The second kappa shape index (κ2) is 7.19. The Labute approximate surface area is 144 Å². The van der Waals surface area contributed by atoms with Crippen molar-refractivity contribution < 1.29 is 14.0 Å². The summed E-state index contributed by atoms with van der Waals surface area (Å²) >= 11 is 1.27. The maximum absolute atomic E-state index is 12.5. The largest absolute Gasteiger partial charge is 0.459 e. The molecule has 0 aromatic carbocycles. The number of carbonyl (C=O) groups excluding carboxylic acids is 2. The molecule has 0 saturated heterocycles. The molecule has 0 bridgehead atoms. The highest BCUT2D eigenvalue weighted by molar-refractivity contribution is 7.18. The van der Waals surface area contributed by atoms with Gasteiger partial charge in [0.1, 0.15) is 0 Å². The number of hydrogen-bond donors (Lipinski definition) is 3. The summed E-state index contributed by atoms with van der Waals surface area (Å²) < 4.78 is 5.07. The van der Waals surface area contributed by atoms with Crippen LogP contribution in [0.1, 0.15) is 45.1 Å². The monoisotopic (exact) mass is 347 g/mol. The molecule has 6 nitrogen and oxygen atoms in total. The van der Waals surface area contributed by atoms with E-state index in [1.54, 1.807) is 18.2 Å². The number of anilines is 1. The molecule has 2 amide bonds. The van der Waals surface area contributed by atoms with E-state index >= 15 is 0 Å². The molecule has 0 radical (unpaired) electrons. The molecule has 1 aliphatic rings. The van der Waals surface area contributed by atoms with E-state index < -0.39 is 0 Å². The summed E-state index contributed by atoms with van der Waals surface area (Å²) in [7, 11) is 0. The zero-order chi connectivity index (χ0) is 17.1. The molecule has 3 rings (SSSR count). The van der Waals surface area contributed by atoms with E-state index in [-0.39, 0.29) is 23.6 Å². The lowest BCUT2D eigenvalue weighted by Crippen LogP contribution is -2.39. The third-order valence-electron chi connectivity index (χ3n) is 4.38. The second-order valence-corrected chi connectivity index (χ2v) is 7.11. The Balaban J connectivity index is 1.67. The van der Waals surface area contributed by atoms with Gasteiger partial charge in [0.25, 0.3) is 11.8 Å². The topological polar surface area (TPSA) is 97.4 Å². The first-order chi connectivity index (χ1) is 11.6. The van der Waals surface area contributed by atoms with Crippen molar-refractivity contribution in [2.45, 2.75) is 32.2 Å². The smallest absolute Gasteiger partial charge is 0.291 e. The van der Waals surface area contributed by atoms with Gasteiger partial charge in [0.2, 0.25) is 0 Å². The van der Waals surface area contributed by atoms with Crippen molar-refractivity contribution in [2.24, 2.45) is 11.7 Å². The fourth-order valence-electron chi connectivity index (χ4n) is 3.09. The van der Waals surface area contributed by atoms with Crippen molar-refractivity contribution in [2.75, 3.05) is 11.9 Å². The quantitative estimate of drug-likeness (QED) is 0.774. The van der Waals surface area contributed by atoms with Crippen LogP contribution in [0.2, 0.25) is 0 Å². The Hall–Kier alpha value is -2.12. The second-order valence-electron chi connectivity index (χ2n) is 6.06. The number of nitrogens with two attached hydrogens (primary N) is 1. The summed E-state index contributed by atoms with van der Waals surface area (Å²) in [5, 5.41) is 6.48. The lowest BCUT2D eigenvalue weighted by Gasteiger charge is -2.19. The van der Waals surface area contributed by atoms with Crippen molar-refractivity contribution in [1.29, 1.82) is 0 Å². The van der Waals surface area contributed by atoms with Gasteiger partial charge in [-0.25, -0.2) is 0 Å². The van der Waals surface area contributed by atoms with Crippen LogP contribution in [-0.2, 0) is 0 Å². The maximum Gasteiger partial charge on any atom is 0.291 e. The Kier molecular flexibility index (Phi) is 5.01. The molecular formula is C17H21N3O3S. The lowest BCUT2D eigenvalue weighted by molar-refractivity contribution is 0.0931. The minimum Gasteiger partial charge on any atom is -0.459 e. The van der Waals surface area contributed by atoms with E-state index in [0.29, 0.717) is 22.3 Å². The average molecular weight is 347 g/mol. The van der Waals surface area contributed by atoms with Crippen molar-refractivity contribution in [3.05, 3.63) is 40.7 Å². The van der Waals surface area contributed by atoms with E-state index in [4.69, 9.17) is 10.2 Å². The van der Waals surface area contributed by atoms with E-state index in [0.717, 1.165) is 24.8 Å². The summed E-state index contributed by atoms with van der Waals surface area (Å²) in [6.45, 7) is 2.46. The standard InChI is InChI=1S/C17H21N3O3S/c1-10-8-14(20-16(21)13-6-3-7-23-13)24-15(10)17(22)19-12-5-2-4-11(12)9-18/h3,6-8,11-12H,2,4-5,9,18H2,1H3,(H,19,22)(H,20,21). The molecule has 1 aliphatic carbocycles. The molecule has 4 N–H and O–H groups in total. The minimum absolute atomic E-state index is 0.0960. The highest BCUT2D eigenvalue weighted by atomic mass is 32.1. The fraction of sp³-hybridized carbons (Fsp3) is 0.412. The minimum atomic E-state index is -0.327. The van der Waals surface area contributed by atoms with Crippen LogP contribution in [0.25, 0.3) is 0 Å². The van der Waals surface area contributed by atoms with Gasteiger partial charge < -0.3 is 20.8 Å². The number of furan rings is 1. The Bertz CT molecular complexity index is 724. The number of nitrogens with one attached hydrogen (secondary N) is 2. The van der Waals surface area contributed by atoms with Crippen LogP contribution >= 0.6 is 11.3 Å². The highest BCUT2D eigenvalue weighted by Gasteiger charge is 2.28. The maximum atomic E-state index is 12.5. The van der Waals surface area contributed by atoms with Crippen LogP contribution in [-0.4, -0.2) is 24.4 Å². The van der Waals surface area contributed by atoms with Gasteiger partial charge in [-0.15, -0.1) is 11.3 Å². The van der Waals surface area contributed by atoms with Crippen molar-refractivity contribution in [3.63, 3.8) is 0 Å². The van der Waals surface area contributed by atoms with Crippen LogP contribution in [0.15, 0.2) is 28.9 Å². The number of aryl methyl sites for hydroxylation is 1. The van der Waals surface area contributed by atoms with Crippen LogP contribution in [0, 0.1) is 12.8 Å². The summed E-state index contributed by atoms with van der Waals surface area (Å²) in [6.07, 6.45) is 4.58. The van der Waals surface area contributed by atoms with Crippen LogP contribution in [0.3, 0.4) is 0 Å². The van der Waals surface area contributed by atoms with Gasteiger partial charge >= 0.3 is 0 Å². The van der Waals surface area contributed by atoms with Gasteiger partial charge in [-0.05, 0) is 56.0 Å². The summed E-state index contributed by atoms with van der Waals surface area (Å²) in [4.78, 5) is 25.2. The molecule has 2 aromatic rings. The number of hydrogen-bond acceptors (Lipinski definition) is 5. The predicted octanol–water partition coefficient (Wildman–Crippen LogP) is 2.76. The molecule has 7 heteroatoms. The fourth-order valence-corrected chi connectivity index (χ4v) is 4.06. The van der Waals surface area contributed by atoms with E-state index in [1.165, 1.54) is 17.6 Å². The molecule has 1 saturated carbocycles. The normalized spacial score (nSPS) is 20.1. The number of carbonyl (C=O) groups is 2. The third-order valence-corrected chi connectivity index (χ3v) is 5.54. The zero-order valence-corrected chi connectivity index (χ0v) is 14.3. The first kappa shape index (κ1) is 16.7. The molecule has 128 valence electrons. The zero-order valence-electron chi connectivity index (χ0n) is 13.5. The van der Waals surface area contributed by atoms with Gasteiger partial charge in [0, 0.05) is 6.04 Å². The first-order valence-corrected chi connectivity index (χ1v) is 8.86. The van der Waals surface area contributed by atoms with Crippen LogP contribution in [0.5, 0.6) is 0 Å². The van der Waals surface area contributed by atoms with E-state index in [1.807, 2.05) is 6.92 Å². The van der Waals surface area contributed by atoms with Gasteiger partial charge in [-0.1, -0.05) is 6.42 Å². The highest BCUT2D eigenvalue weighted by Crippen LogP contribution is 2.29. The average Bonchev–Trinajstić information content (AvgIpc) is 3.27. The van der Waals surface area contributed by atoms with Crippen LogP contribution < -0.4 is 16.4 Å². The van der Waals surface area contributed by atoms with Crippen molar-refractivity contribution >= 4 is 28.2 Å². The molecule has 2 aromatic heterocycles. The van der Waals surface area contributed by atoms with Gasteiger partial charge in [-0.3, -0.25) is 9.59 Å². The molecule has 2 atom stereocenters. The molecule has 2 heterocycles. The Morgan fingerprint density at radius 3 is 2.92 bits per heavy atom. The predicted molar refractivity (Wildman–Crippen MR) is 93.4 cm³/mol. The molecule has 24 heavy (non-hydrogen) atoms. The lowest BCUT2D eigenvalue weighted by atomic mass is 10.0. The molecule has 2 unspecified atom stereocenters.